The lowest BCUT2D eigenvalue weighted by atomic mass is 10.1. The fourth-order valence-corrected chi connectivity index (χ4v) is 3.40. The molecular weight excluding hydrogens is 368 g/mol. The van der Waals surface area contributed by atoms with E-state index in [4.69, 9.17) is 15.9 Å². The Labute approximate surface area is 170 Å². The molecule has 2 aromatic carbocycles. The molecule has 29 heavy (non-hydrogen) atoms. The summed E-state index contributed by atoms with van der Waals surface area (Å²) < 4.78 is 10.6. The fraction of sp³-hybridized carbons (Fsp3) is 0.304. The molecule has 6 nitrogen and oxygen atoms in total. The lowest BCUT2D eigenvalue weighted by Crippen LogP contribution is -2.30. The maximum absolute atomic E-state index is 12.6. The zero-order valence-corrected chi connectivity index (χ0v) is 16.6. The first-order valence-corrected chi connectivity index (χ1v) is 9.40. The van der Waals surface area contributed by atoms with Gasteiger partial charge in [-0.1, -0.05) is 18.1 Å². The summed E-state index contributed by atoms with van der Waals surface area (Å²) in [6, 6.07) is 12.8. The summed E-state index contributed by atoms with van der Waals surface area (Å²) in [4.78, 5) is 26.7. The van der Waals surface area contributed by atoms with Gasteiger partial charge in [-0.25, -0.2) is 0 Å². The highest BCUT2D eigenvalue weighted by Crippen LogP contribution is 2.28. The van der Waals surface area contributed by atoms with Crippen LogP contribution >= 0.6 is 0 Å². The SMILES string of the molecule is C#Cc1cccc(NC(=O)C2CC(=O)N(CCc3ccc(OC)c(OC)c3)C2)c1. The van der Waals surface area contributed by atoms with Crippen molar-refractivity contribution in [1.82, 2.24) is 4.90 Å². The minimum Gasteiger partial charge on any atom is -0.493 e. The van der Waals surface area contributed by atoms with Gasteiger partial charge in [-0.05, 0) is 42.3 Å². The van der Waals surface area contributed by atoms with E-state index in [9.17, 15) is 9.59 Å². The minimum atomic E-state index is -0.373. The Bertz CT molecular complexity index is 948. The molecule has 1 heterocycles. The van der Waals surface area contributed by atoms with Crippen molar-refractivity contribution in [2.75, 3.05) is 32.6 Å². The molecule has 1 saturated heterocycles. The number of terminal acetylenes is 1. The van der Waals surface area contributed by atoms with E-state index < -0.39 is 0 Å². The van der Waals surface area contributed by atoms with E-state index >= 15 is 0 Å². The van der Waals surface area contributed by atoms with Crippen molar-refractivity contribution in [3.8, 4) is 23.8 Å². The summed E-state index contributed by atoms with van der Waals surface area (Å²) >= 11 is 0. The zero-order chi connectivity index (χ0) is 20.8. The van der Waals surface area contributed by atoms with E-state index in [1.54, 1.807) is 43.4 Å². The minimum absolute atomic E-state index is 0.0111. The Morgan fingerprint density at radius 2 is 2.00 bits per heavy atom. The quantitative estimate of drug-likeness (QED) is 0.736. The Balaban J connectivity index is 1.57. The van der Waals surface area contributed by atoms with Gasteiger partial charge in [0.15, 0.2) is 11.5 Å². The Hall–Kier alpha value is -3.46. The second-order valence-electron chi connectivity index (χ2n) is 6.89. The van der Waals surface area contributed by atoms with Gasteiger partial charge in [-0.15, -0.1) is 6.42 Å². The van der Waals surface area contributed by atoms with Crippen molar-refractivity contribution < 1.29 is 19.1 Å². The molecule has 0 saturated carbocycles. The van der Waals surface area contributed by atoms with E-state index in [1.165, 1.54) is 0 Å². The van der Waals surface area contributed by atoms with Crippen molar-refractivity contribution in [3.63, 3.8) is 0 Å². The summed E-state index contributed by atoms with van der Waals surface area (Å²) in [6.07, 6.45) is 6.28. The second kappa shape index (κ2) is 9.16. The Kier molecular flexibility index (Phi) is 6.40. The van der Waals surface area contributed by atoms with E-state index in [0.717, 1.165) is 5.56 Å². The first-order valence-electron chi connectivity index (χ1n) is 9.40. The largest absolute Gasteiger partial charge is 0.493 e. The van der Waals surface area contributed by atoms with E-state index in [0.29, 0.717) is 42.3 Å². The molecule has 1 aliphatic rings. The van der Waals surface area contributed by atoms with Crippen LogP contribution in [0.2, 0.25) is 0 Å². The molecule has 1 fully saturated rings. The molecule has 2 aromatic rings. The van der Waals surface area contributed by atoms with Gasteiger partial charge in [0, 0.05) is 30.8 Å². The standard InChI is InChI=1S/C23H24N2O4/c1-4-16-6-5-7-19(12-16)24-23(27)18-14-22(26)25(15-18)11-10-17-8-9-20(28-2)21(13-17)29-3/h1,5-9,12-13,18H,10-11,14-15H2,2-3H3,(H,24,27). The van der Waals surface area contributed by atoms with Gasteiger partial charge in [0.05, 0.1) is 20.1 Å². The molecule has 1 aliphatic heterocycles. The number of hydrogen-bond donors (Lipinski definition) is 1. The highest BCUT2D eigenvalue weighted by molar-refractivity contribution is 5.97. The molecule has 1 atom stereocenters. The molecule has 150 valence electrons. The molecule has 0 aromatic heterocycles. The van der Waals surface area contributed by atoms with E-state index in [2.05, 4.69) is 11.2 Å². The van der Waals surface area contributed by atoms with Crippen LogP contribution in [0.1, 0.15) is 17.5 Å². The number of rotatable bonds is 7. The normalized spacial score (nSPS) is 15.7. The summed E-state index contributed by atoms with van der Waals surface area (Å²) in [5, 5.41) is 2.86. The number of hydrogen-bond acceptors (Lipinski definition) is 4. The first kappa shape index (κ1) is 20.3. The van der Waals surface area contributed by atoms with Crippen LogP contribution in [-0.2, 0) is 16.0 Å². The van der Waals surface area contributed by atoms with Gasteiger partial charge in [0.2, 0.25) is 11.8 Å². The maximum Gasteiger partial charge on any atom is 0.229 e. The van der Waals surface area contributed by atoms with Crippen LogP contribution in [-0.4, -0.2) is 44.0 Å². The Morgan fingerprint density at radius 1 is 1.21 bits per heavy atom. The number of likely N-dealkylation sites (tertiary alicyclic amines) is 1. The number of nitrogens with zero attached hydrogens (tertiary/aromatic N) is 1. The zero-order valence-electron chi connectivity index (χ0n) is 16.6. The second-order valence-corrected chi connectivity index (χ2v) is 6.89. The van der Waals surface area contributed by atoms with Gasteiger partial charge >= 0.3 is 0 Å². The van der Waals surface area contributed by atoms with Crippen LogP contribution in [0.5, 0.6) is 11.5 Å². The summed E-state index contributed by atoms with van der Waals surface area (Å²) in [5.74, 6) is 3.31. The first-order chi connectivity index (χ1) is 14.0. The molecule has 1 N–H and O–H groups in total. The van der Waals surface area contributed by atoms with Crippen LogP contribution in [0.15, 0.2) is 42.5 Å². The highest BCUT2D eigenvalue weighted by Gasteiger charge is 2.34. The maximum atomic E-state index is 12.6. The summed E-state index contributed by atoms with van der Waals surface area (Å²) in [6.45, 7) is 0.956. The number of anilines is 1. The van der Waals surface area contributed by atoms with E-state index in [1.807, 2.05) is 18.2 Å². The Morgan fingerprint density at radius 3 is 2.72 bits per heavy atom. The average Bonchev–Trinajstić information content (AvgIpc) is 3.12. The molecule has 6 heteroatoms. The predicted octanol–water partition coefficient (Wildman–Crippen LogP) is 2.71. The number of amides is 2. The molecule has 0 spiro atoms. The summed E-state index contributed by atoms with van der Waals surface area (Å²) in [7, 11) is 3.18. The highest BCUT2D eigenvalue weighted by atomic mass is 16.5. The molecule has 3 rings (SSSR count). The molecular formula is C23H24N2O4. The molecule has 2 amide bonds. The predicted molar refractivity (Wildman–Crippen MR) is 111 cm³/mol. The third kappa shape index (κ3) is 4.88. The van der Waals surface area contributed by atoms with E-state index in [-0.39, 0.29) is 24.2 Å². The summed E-state index contributed by atoms with van der Waals surface area (Å²) in [5.41, 5.74) is 2.37. The van der Waals surface area contributed by atoms with Gasteiger partial charge in [-0.2, -0.15) is 0 Å². The van der Waals surface area contributed by atoms with Crippen LogP contribution < -0.4 is 14.8 Å². The van der Waals surface area contributed by atoms with Crippen LogP contribution in [0, 0.1) is 18.3 Å². The van der Waals surface area contributed by atoms with Gasteiger partial charge in [-0.3, -0.25) is 9.59 Å². The number of nitrogens with one attached hydrogen (secondary N) is 1. The monoisotopic (exact) mass is 392 g/mol. The average molecular weight is 392 g/mol. The number of benzene rings is 2. The lowest BCUT2D eigenvalue weighted by Gasteiger charge is -2.17. The lowest BCUT2D eigenvalue weighted by molar-refractivity contribution is -0.128. The van der Waals surface area contributed by atoms with Crippen LogP contribution in [0.4, 0.5) is 5.69 Å². The third-order valence-corrected chi connectivity index (χ3v) is 5.00. The molecule has 0 aliphatic carbocycles. The van der Waals surface area contributed by atoms with Crippen molar-refractivity contribution in [2.24, 2.45) is 5.92 Å². The van der Waals surface area contributed by atoms with Crippen LogP contribution in [0.25, 0.3) is 0 Å². The smallest absolute Gasteiger partial charge is 0.229 e. The number of carbonyl (C=O) groups is 2. The van der Waals surface area contributed by atoms with Gasteiger partial charge < -0.3 is 19.7 Å². The van der Waals surface area contributed by atoms with Crippen molar-refractivity contribution in [2.45, 2.75) is 12.8 Å². The number of methoxy groups -OCH3 is 2. The van der Waals surface area contributed by atoms with Gasteiger partial charge in [0.25, 0.3) is 0 Å². The fourth-order valence-electron chi connectivity index (χ4n) is 3.40. The van der Waals surface area contributed by atoms with Crippen molar-refractivity contribution >= 4 is 17.5 Å². The molecule has 0 radical (unpaired) electrons. The van der Waals surface area contributed by atoms with Crippen molar-refractivity contribution in [1.29, 1.82) is 0 Å². The topological polar surface area (TPSA) is 67.9 Å². The third-order valence-electron chi connectivity index (χ3n) is 5.00. The molecule has 1 unspecified atom stereocenters. The van der Waals surface area contributed by atoms with Crippen LogP contribution in [0.3, 0.4) is 0 Å². The number of ether oxygens (including phenoxy) is 2. The molecule has 0 bridgehead atoms. The number of carbonyl (C=O) groups excluding carboxylic acids is 2. The van der Waals surface area contributed by atoms with Crippen molar-refractivity contribution in [3.05, 3.63) is 53.6 Å². The van der Waals surface area contributed by atoms with Gasteiger partial charge in [0.1, 0.15) is 0 Å².